The number of carbonyl (C=O) groups excluding carboxylic acids is 5. The summed E-state index contributed by atoms with van der Waals surface area (Å²) in [6.07, 6.45) is 5.54. The lowest BCUT2D eigenvalue weighted by Crippen LogP contribution is -2.44. The number of anilines is 1. The molecular weight excluding hydrogens is 466 g/mol. The van der Waals surface area contributed by atoms with Gasteiger partial charge in [-0.1, -0.05) is 19.8 Å². The van der Waals surface area contributed by atoms with Crippen LogP contribution in [0.4, 0.5) is 5.69 Å². The van der Waals surface area contributed by atoms with Gasteiger partial charge in [-0.15, -0.1) is 0 Å². The predicted octanol–water partition coefficient (Wildman–Crippen LogP) is 0.719. The number of hydrogen-bond donors (Lipinski definition) is 4. The highest BCUT2D eigenvalue weighted by molar-refractivity contribution is 6.36. The van der Waals surface area contributed by atoms with E-state index in [4.69, 9.17) is 0 Å². The highest BCUT2D eigenvalue weighted by Crippen LogP contribution is 2.27. The van der Waals surface area contributed by atoms with E-state index >= 15 is 0 Å². The van der Waals surface area contributed by atoms with E-state index in [2.05, 4.69) is 28.2 Å². The molecule has 36 heavy (non-hydrogen) atoms. The van der Waals surface area contributed by atoms with Gasteiger partial charge in [-0.05, 0) is 50.2 Å². The summed E-state index contributed by atoms with van der Waals surface area (Å²) in [6, 6.07) is 1.79. The second-order valence-electron chi connectivity index (χ2n) is 9.35. The lowest BCUT2D eigenvalue weighted by molar-refractivity contribution is -0.138. The van der Waals surface area contributed by atoms with Gasteiger partial charge < -0.3 is 25.8 Å². The topological polar surface area (TPSA) is 155 Å². The number of carbonyl (C=O) groups is 5. The lowest BCUT2D eigenvalue weighted by Gasteiger charge is -2.26. The summed E-state index contributed by atoms with van der Waals surface area (Å²) in [5.41, 5.74) is -0.644. The molecule has 11 heteroatoms. The minimum absolute atomic E-state index is 0.0676. The van der Waals surface area contributed by atoms with Crippen LogP contribution in [-0.4, -0.2) is 53.1 Å². The van der Waals surface area contributed by atoms with Gasteiger partial charge in [0.05, 0.1) is 0 Å². The summed E-state index contributed by atoms with van der Waals surface area (Å²) in [5.74, 6) is -1.82. The van der Waals surface area contributed by atoms with Crippen LogP contribution < -0.4 is 26.8 Å². The zero-order chi connectivity index (χ0) is 26.7. The molecule has 4 amide bonds. The van der Waals surface area contributed by atoms with Gasteiger partial charge in [0.1, 0.15) is 18.3 Å². The fourth-order valence-corrected chi connectivity index (χ4v) is 4.14. The number of hydrogen-bond acceptors (Lipinski definition) is 6. The zero-order valence-corrected chi connectivity index (χ0v) is 21.2. The van der Waals surface area contributed by atoms with Crippen LogP contribution in [0.3, 0.4) is 0 Å². The number of ketones is 1. The molecule has 0 unspecified atom stereocenters. The molecule has 0 bridgehead atoms. The maximum absolute atomic E-state index is 12.8. The van der Waals surface area contributed by atoms with Crippen molar-refractivity contribution in [1.29, 1.82) is 0 Å². The van der Waals surface area contributed by atoms with Gasteiger partial charge in [-0.25, -0.2) is 0 Å². The van der Waals surface area contributed by atoms with Crippen molar-refractivity contribution >= 4 is 35.1 Å². The molecular formula is C25H37N5O6. The molecule has 2 rings (SSSR count). The largest absolute Gasteiger partial charge is 0.354 e. The Morgan fingerprint density at radius 3 is 2.42 bits per heavy atom. The monoisotopic (exact) mass is 503 g/mol. The van der Waals surface area contributed by atoms with Crippen molar-refractivity contribution in [3.63, 3.8) is 0 Å². The summed E-state index contributed by atoms with van der Waals surface area (Å²) in [4.78, 5) is 73.1. The molecule has 0 saturated heterocycles. The number of nitrogens with zero attached hydrogens (tertiary/aromatic N) is 1. The summed E-state index contributed by atoms with van der Waals surface area (Å²) < 4.78 is 1.19. The Balaban J connectivity index is 1.98. The molecule has 1 aromatic rings. The van der Waals surface area contributed by atoms with Crippen LogP contribution in [0.2, 0.25) is 0 Å². The van der Waals surface area contributed by atoms with Crippen molar-refractivity contribution in [3.8, 4) is 0 Å². The van der Waals surface area contributed by atoms with E-state index in [-0.39, 0.29) is 31.0 Å². The number of nitrogens with one attached hydrogen (secondary N) is 4. The maximum Gasteiger partial charge on any atom is 0.287 e. The molecule has 0 spiro atoms. The van der Waals surface area contributed by atoms with E-state index in [1.807, 2.05) is 0 Å². The molecule has 0 aromatic carbocycles. The van der Waals surface area contributed by atoms with Crippen molar-refractivity contribution in [1.82, 2.24) is 20.5 Å². The van der Waals surface area contributed by atoms with Crippen LogP contribution in [0.15, 0.2) is 23.1 Å². The lowest BCUT2D eigenvalue weighted by atomic mass is 9.83. The van der Waals surface area contributed by atoms with Gasteiger partial charge in [0.25, 0.3) is 11.5 Å². The van der Waals surface area contributed by atoms with E-state index in [1.54, 1.807) is 6.92 Å². The fraction of sp³-hybridized carbons (Fsp3) is 0.600. The van der Waals surface area contributed by atoms with Crippen molar-refractivity contribution in [2.75, 3.05) is 18.4 Å². The van der Waals surface area contributed by atoms with Crippen LogP contribution in [0.25, 0.3) is 0 Å². The Kier molecular flexibility index (Phi) is 11.3. The normalized spacial score (nSPS) is 18.0. The van der Waals surface area contributed by atoms with Crippen LogP contribution in [0.1, 0.15) is 59.3 Å². The number of likely N-dealkylation sites (N-methyl/N-ethyl adjacent to an activating group) is 1. The van der Waals surface area contributed by atoms with Crippen molar-refractivity contribution in [2.45, 2.75) is 71.9 Å². The highest BCUT2D eigenvalue weighted by Gasteiger charge is 2.24. The molecule has 1 aromatic heterocycles. The SMILES string of the molecule is CCNC(=O)C(=O)CC[C@H](NC(C)=O)C(=O)Nc1cccn(CC(=O)NCC2CCC(C)CC2)c1=O. The standard InChI is InChI=1S/C25H37N5O6/c1-4-26-24(35)21(32)12-11-19(28-17(3)31)23(34)29-20-6-5-13-30(25(20)36)15-22(33)27-14-18-9-7-16(2)8-10-18/h5-6,13,16,18-19H,4,7-12,14-15H2,1-3H3,(H,26,35)(H,27,33)(H,28,31)(H,29,34)/t16?,18?,19-/m0/s1. The number of rotatable bonds is 12. The van der Waals surface area contributed by atoms with E-state index < -0.39 is 35.1 Å². The molecule has 0 radical (unpaired) electrons. The Morgan fingerprint density at radius 2 is 1.78 bits per heavy atom. The van der Waals surface area contributed by atoms with E-state index in [0.717, 1.165) is 31.6 Å². The van der Waals surface area contributed by atoms with E-state index in [1.165, 1.54) is 29.8 Å². The molecule has 1 aliphatic carbocycles. The molecule has 1 fully saturated rings. The average Bonchev–Trinajstić information content (AvgIpc) is 2.83. The third-order valence-electron chi connectivity index (χ3n) is 6.26. The number of amides is 4. The van der Waals surface area contributed by atoms with Crippen molar-refractivity contribution in [3.05, 3.63) is 28.7 Å². The molecule has 1 saturated carbocycles. The highest BCUT2D eigenvalue weighted by atomic mass is 16.2. The van der Waals surface area contributed by atoms with Gasteiger partial charge in [-0.2, -0.15) is 0 Å². The summed E-state index contributed by atoms with van der Waals surface area (Å²) >= 11 is 0. The van der Waals surface area contributed by atoms with E-state index in [0.29, 0.717) is 19.0 Å². The molecule has 11 nitrogen and oxygen atoms in total. The summed E-state index contributed by atoms with van der Waals surface area (Å²) in [7, 11) is 0. The van der Waals surface area contributed by atoms with Crippen molar-refractivity contribution in [2.24, 2.45) is 11.8 Å². The van der Waals surface area contributed by atoms with Gasteiger partial charge >= 0.3 is 0 Å². The average molecular weight is 504 g/mol. The Labute approximate surface area is 210 Å². The van der Waals surface area contributed by atoms with Gasteiger partial charge in [-0.3, -0.25) is 28.8 Å². The number of aromatic nitrogens is 1. The third-order valence-corrected chi connectivity index (χ3v) is 6.26. The number of Topliss-reactive ketones (excluding diaryl/α,β-unsaturated/α-hetero) is 1. The van der Waals surface area contributed by atoms with Crippen LogP contribution >= 0.6 is 0 Å². The first-order valence-electron chi connectivity index (χ1n) is 12.5. The minimum atomic E-state index is -1.13. The zero-order valence-electron chi connectivity index (χ0n) is 21.2. The Morgan fingerprint density at radius 1 is 1.08 bits per heavy atom. The Hall–Kier alpha value is -3.50. The van der Waals surface area contributed by atoms with Crippen molar-refractivity contribution < 1.29 is 24.0 Å². The minimum Gasteiger partial charge on any atom is -0.354 e. The third kappa shape index (κ3) is 9.27. The molecule has 1 aliphatic rings. The van der Waals surface area contributed by atoms with Gasteiger partial charge in [0.2, 0.25) is 23.5 Å². The van der Waals surface area contributed by atoms with Crippen LogP contribution in [0, 0.1) is 11.8 Å². The predicted molar refractivity (Wildman–Crippen MR) is 134 cm³/mol. The molecule has 0 aliphatic heterocycles. The van der Waals surface area contributed by atoms with Crippen LogP contribution in [0.5, 0.6) is 0 Å². The fourth-order valence-electron chi connectivity index (χ4n) is 4.14. The number of pyridine rings is 1. The molecule has 4 N–H and O–H groups in total. The van der Waals surface area contributed by atoms with E-state index in [9.17, 15) is 28.8 Å². The van der Waals surface area contributed by atoms with Gasteiger partial charge in [0.15, 0.2) is 0 Å². The van der Waals surface area contributed by atoms with Gasteiger partial charge in [0, 0.05) is 32.6 Å². The molecule has 1 heterocycles. The first-order valence-corrected chi connectivity index (χ1v) is 12.5. The maximum atomic E-state index is 12.8. The molecule has 1 atom stereocenters. The first kappa shape index (κ1) is 28.7. The first-order chi connectivity index (χ1) is 17.1. The smallest absolute Gasteiger partial charge is 0.287 e. The quantitative estimate of drug-likeness (QED) is 0.308. The second-order valence-corrected chi connectivity index (χ2v) is 9.35. The second kappa shape index (κ2) is 14.2. The van der Waals surface area contributed by atoms with Crippen LogP contribution in [-0.2, 0) is 30.5 Å². The molecule has 198 valence electrons. The Bertz CT molecular complexity index is 1010. The summed E-state index contributed by atoms with van der Waals surface area (Å²) in [6.45, 7) is 5.79. The summed E-state index contributed by atoms with van der Waals surface area (Å²) in [5, 5.41) is 10.2.